The van der Waals surface area contributed by atoms with E-state index in [0.717, 1.165) is 19.6 Å². The molecule has 0 atom stereocenters. The predicted molar refractivity (Wildman–Crippen MR) is 78.3 cm³/mol. The van der Waals surface area contributed by atoms with Crippen LogP contribution in [0.1, 0.15) is 10.4 Å². The monoisotopic (exact) mass is 292 g/mol. The van der Waals surface area contributed by atoms with E-state index in [1.54, 1.807) is 22.9 Å². The Morgan fingerprint density at radius 3 is 2.85 bits per heavy atom. The molecule has 0 saturated carbocycles. The number of nitrogens with zero attached hydrogens (tertiary/aromatic N) is 4. The first kappa shape index (κ1) is 13.4. The average molecular weight is 292 g/mol. The van der Waals surface area contributed by atoms with Gasteiger partial charge in [0.15, 0.2) is 0 Å². The maximum absolute atomic E-state index is 11.3. The molecular weight excluding hydrogens is 276 g/mol. The summed E-state index contributed by atoms with van der Waals surface area (Å²) >= 11 is 1.98. The SMILES string of the molecule is O=C(O)c1cccc2nnn(CCN3CCSCC3)c12. The summed E-state index contributed by atoms with van der Waals surface area (Å²) in [5.41, 5.74) is 1.52. The molecule has 1 aromatic carbocycles. The Kier molecular flexibility index (Phi) is 3.88. The largest absolute Gasteiger partial charge is 0.478 e. The highest BCUT2D eigenvalue weighted by atomic mass is 32.2. The topological polar surface area (TPSA) is 71.2 Å². The molecule has 1 aromatic heterocycles. The number of thioether (sulfide) groups is 1. The van der Waals surface area contributed by atoms with Gasteiger partial charge >= 0.3 is 5.97 Å². The summed E-state index contributed by atoms with van der Waals surface area (Å²) in [4.78, 5) is 13.7. The standard InChI is InChI=1S/C13H16N4O2S/c18-13(19)10-2-1-3-11-12(10)17(15-14-11)5-4-16-6-8-20-9-7-16/h1-3H,4-9H2,(H,18,19). The smallest absolute Gasteiger partial charge is 0.337 e. The van der Waals surface area contributed by atoms with Gasteiger partial charge in [-0.05, 0) is 12.1 Å². The minimum Gasteiger partial charge on any atom is -0.478 e. The van der Waals surface area contributed by atoms with E-state index in [9.17, 15) is 9.90 Å². The van der Waals surface area contributed by atoms with Crippen molar-refractivity contribution >= 4 is 28.8 Å². The molecule has 2 aromatic rings. The van der Waals surface area contributed by atoms with Gasteiger partial charge in [0.05, 0.1) is 12.1 Å². The van der Waals surface area contributed by atoms with Crippen LogP contribution in [0.15, 0.2) is 18.2 Å². The van der Waals surface area contributed by atoms with Gasteiger partial charge in [-0.25, -0.2) is 9.48 Å². The minimum absolute atomic E-state index is 0.265. The second kappa shape index (κ2) is 5.80. The lowest BCUT2D eigenvalue weighted by Gasteiger charge is -2.25. The fourth-order valence-electron chi connectivity index (χ4n) is 2.42. The number of para-hydroxylation sites is 1. The molecule has 1 aliphatic heterocycles. The molecule has 106 valence electrons. The molecule has 1 N–H and O–H groups in total. The average Bonchev–Trinajstić information content (AvgIpc) is 2.89. The van der Waals surface area contributed by atoms with Crippen LogP contribution in [-0.2, 0) is 6.54 Å². The third-order valence-corrected chi connectivity index (χ3v) is 4.44. The number of hydrogen-bond acceptors (Lipinski definition) is 5. The summed E-state index contributed by atoms with van der Waals surface area (Å²) < 4.78 is 1.71. The van der Waals surface area contributed by atoms with Crippen molar-refractivity contribution in [3.8, 4) is 0 Å². The number of benzene rings is 1. The van der Waals surface area contributed by atoms with Gasteiger partial charge in [0.25, 0.3) is 0 Å². The molecule has 0 radical (unpaired) electrons. The van der Waals surface area contributed by atoms with E-state index in [2.05, 4.69) is 15.2 Å². The highest BCUT2D eigenvalue weighted by Crippen LogP contribution is 2.17. The Morgan fingerprint density at radius 2 is 2.10 bits per heavy atom. The number of aromatic carboxylic acids is 1. The summed E-state index contributed by atoms with van der Waals surface area (Å²) in [7, 11) is 0. The number of aromatic nitrogens is 3. The Bertz CT molecular complexity index is 622. The first-order chi connectivity index (χ1) is 9.75. The quantitative estimate of drug-likeness (QED) is 0.912. The maximum atomic E-state index is 11.3. The fraction of sp³-hybridized carbons (Fsp3) is 0.462. The number of rotatable bonds is 4. The molecule has 0 spiro atoms. The highest BCUT2D eigenvalue weighted by molar-refractivity contribution is 7.99. The third-order valence-electron chi connectivity index (χ3n) is 3.50. The number of carboxylic acid groups (broad SMARTS) is 1. The Labute approximate surface area is 120 Å². The van der Waals surface area contributed by atoms with E-state index in [-0.39, 0.29) is 5.56 Å². The van der Waals surface area contributed by atoms with E-state index in [1.807, 2.05) is 11.8 Å². The number of carbonyl (C=O) groups is 1. The van der Waals surface area contributed by atoms with Crippen molar-refractivity contribution in [1.29, 1.82) is 0 Å². The zero-order valence-electron chi connectivity index (χ0n) is 11.0. The lowest BCUT2D eigenvalue weighted by atomic mass is 10.2. The third kappa shape index (κ3) is 2.64. The zero-order valence-corrected chi connectivity index (χ0v) is 11.8. The molecule has 3 rings (SSSR count). The summed E-state index contributed by atoms with van der Waals surface area (Å²) in [5.74, 6) is 1.39. The van der Waals surface area contributed by atoms with E-state index in [4.69, 9.17) is 0 Å². The van der Waals surface area contributed by atoms with Crippen LogP contribution in [0.2, 0.25) is 0 Å². The van der Waals surface area contributed by atoms with Gasteiger partial charge in [-0.1, -0.05) is 11.3 Å². The second-order valence-corrected chi connectivity index (χ2v) is 5.97. The zero-order chi connectivity index (χ0) is 13.9. The lowest BCUT2D eigenvalue weighted by Crippen LogP contribution is -2.35. The minimum atomic E-state index is -0.937. The molecule has 1 aliphatic rings. The number of carboxylic acids is 1. The van der Waals surface area contributed by atoms with Gasteiger partial charge in [-0.15, -0.1) is 5.10 Å². The van der Waals surface area contributed by atoms with Crippen LogP contribution in [-0.4, -0.2) is 62.1 Å². The van der Waals surface area contributed by atoms with Crippen molar-refractivity contribution in [3.63, 3.8) is 0 Å². The molecule has 6 nitrogen and oxygen atoms in total. The summed E-state index contributed by atoms with van der Waals surface area (Å²) in [6, 6.07) is 5.09. The molecule has 20 heavy (non-hydrogen) atoms. The predicted octanol–water partition coefficient (Wildman–Crippen LogP) is 1.18. The molecule has 1 fully saturated rings. The molecule has 0 amide bonds. The van der Waals surface area contributed by atoms with Gasteiger partial charge in [-0.3, -0.25) is 4.90 Å². The summed E-state index contributed by atoms with van der Waals surface area (Å²) in [5, 5.41) is 17.4. The van der Waals surface area contributed by atoms with Crippen molar-refractivity contribution in [2.75, 3.05) is 31.1 Å². The molecule has 0 bridgehead atoms. The Morgan fingerprint density at radius 1 is 1.30 bits per heavy atom. The van der Waals surface area contributed by atoms with Crippen LogP contribution in [0.4, 0.5) is 0 Å². The number of hydrogen-bond donors (Lipinski definition) is 1. The first-order valence-corrected chi connectivity index (χ1v) is 7.77. The van der Waals surface area contributed by atoms with Crippen LogP contribution >= 0.6 is 11.8 Å². The van der Waals surface area contributed by atoms with Gasteiger partial charge in [0, 0.05) is 31.1 Å². The van der Waals surface area contributed by atoms with Crippen LogP contribution in [0.5, 0.6) is 0 Å². The van der Waals surface area contributed by atoms with Gasteiger partial charge in [0.1, 0.15) is 11.0 Å². The van der Waals surface area contributed by atoms with E-state index in [0.29, 0.717) is 17.6 Å². The second-order valence-electron chi connectivity index (χ2n) is 4.75. The van der Waals surface area contributed by atoms with Gasteiger partial charge in [0.2, 0.25) is 0 Å². The van der Waals surface area contributed by atoms with Gasteiger partial charge in [-0.2, -0.15) is 11.8 Å². The molecule has 0 unspecified atom stereocenters. The van der Waals surface area contributed by atoms with Crippen LogP contribution in [0.25, 0.3) is 11.0 Å². The summed E-state index contributed by atoms with van der Waals surface area (Å²) in [6.45, 7) is 3.73. The van der Waals surface area contributed by atoms with Crippen molar-refractivity contribution in [2.45, 2.75) is 6.54 Å². The van der Waals surface area contributed by atoms with Crippen molar-refractivity contribution < 1.29 is 9.90 Å². The van der Waals surface area contributed by atoms with Crippen molar-refractivity contribution in [1.82, 2.24) is 19.9 Å². The first-order valence-electron chi connectivity index (χ1n) is 6.61. The van der Waals surface area contributed by atoms with Crippen LogP contribution in [0.3, 0.4) is 0 Å². The maximum Gasteiger partial charge on any atom is 0.337 e. The number of fused-ring (bicyclic) bond motifs is 1. The van der Waals surface area contributed by atoms with E-state index in [1.165, 1.54) is 11.5 Å². The van der Waals surface area contributed by atoms with E-state index < -0.39 is 5.97 Å². The highest BCUT2D eigenvalue weighted by Gasteiger charge is 2.16. The van der Waals surface area contributed by atoms with Crippen LogP contribution in [0, 0.1) is 0 Å². The van der Waals surface area contributed by atoms with Crippen LogP contribution < -0.4 is 0 Å². The molecular formula is C13H16N4O2S. The lowest BCUT2D eigenvalue weighted by molar-refractivity contribution is 0.0698. The molecule has 7 heteroatoms. The summed E-state index contributed by atoms with van der Waals surface area (Å²) in [6.07, 6.45) is 0. The normalized spacial score (nSPS) is 16.6. The van der Waals surface area contributed by atoms with Crippen molar-refractivity contribution in [2.24, 2.45) is 0 Å². The molecule has 1 saturated heterocycles. The molecule has 2 heterocycles. The fourth-order valence-corrected chi connectivity index (χ4v) is 3.40. The van der Waals surface area contributed by atoms with Gasteiger partial charge < -0.3 is 5.11 Å². The Hall–Kier alpha value is -1.60. The van der Waals surface area contributed by atoms with E-state index >= 15 is 0 Å². The van der Waals surface area contributed by atoms with Crippen molar-refractivity contribution in [3.05, 3.63) is 23.8 Å². The molecule has 0 aliphatic carbocycles. The Balaban J connectivity index is 1.82.